The molecule has 2 aromatic rings. The second-order valence-electron chi connectivity index (χ2n) is 7.14. The molecule has 6 nitrogen and oxygen atoms in total. The summed E-state index contributed by atoms with van der Waals surface area (Å²) in [6.07, 6.45) is 0.844. The topological polar surface area (TPSA) is 78.5 Å². The van der Waals surface area contributed by atoms with Gasteiger partial charge in [0.05, 0.1) is 10.6 Å². The highest BCUT2D eigenvalue weighted by molar-refractivity contribution is 6.33. The van der Waals surface area contributed by atoms with E-state index in [4.69, 9.17) is 11.6 Å². The molecule has 2 aliphatic rings. The molecule has 3 amide bonds. The van der Waals surface area contributed by atoms with Crippen molar-refractivity contribution in [2.24, 2.45) is 0 Å². The Morgan fingerprint density at radius 2 is 1.82 bits per heavy atom. The molecule has 2 saturated heterocycles. The third-order valence-corrected chi connectivity index (χ3v) is 5.57. The fraction of sp³-hybridized carbons (Fsp3) is 0.286. The summed E-state index contributed by atoms with van der Waals surface area (Å²) < 4.78 is 0. The molecular formula is C21H20ClN3O3. The molecule has 28 heavy (non-hydrogen) atoms. The Kier molecular flexibility index (Phi) is 5.05. The van der Waals surface area contributed by atoms with Gasteiger partial charge in [-0.05, 0) is 24.1 Å². The van der Waals surface area contributed by atoms with Crippen LogP contribution >= 0.6 is 11.6 Å². The van der Waals surface area contributed by atoms with Gasteiger partial charge in [0.1, 0.15) is 12.1 Å². The van der Waals surface area contributed by atoms with Crippen LogP contribution in [0.15, 0.2) is 54.6 Å². The van der Waals surface area contributed by atoms with Crippen LogP contribution < -0.4 is 10.6 Å². The average molecular weight is 398 g/mol. The van der Waals surface area contributed by atoms with Crippen molar-refractivity contribution in [2.75, 3.05) is 6.54 Å². The van der Waals surface area contributed by atoms with Crippen LogP contribution in [-0.2, 0) is 16.0 Å². The second kappa shape index (κ2) is 7.64. The van der Waals surface area contributed by atoms with Gasteiger partial charge in [-0.2, -0.15) is 0 Å². The largest absolute Gasteiger partial charge is 0.347 e. The zero-order valence-corrected chi connectivity index (χ0v) is 15.9. The number of nitrogens with zero attached hydrogens (tertiary/aromatic N) is 1. The van der Waals surface area contributed by atoms with Gasteiger partial charge >= 0.3 is 0 Å². The van der Waals surface area contributed by atoms with Crippen LogP contribution in [0.25, 0.3) is 0 Å². The van der Waals surface area contributed by atoms with Gasteiger partial charge in [0, 0.05) is 19.0 Å². The van der Waals surface area contributed by atoms with E-state index in [2.05, 4.69) is 10.6 Å². The van der Waals surface area contributed by atoms with Crippen molar-refractivity contribution in [3.05, 3.63) is 70.7 Å². The standard InChI is InChI=1S/C21H20ClN3O3/c22-16-9-5-4-8-15(16)19(26)23-14-11-18-20(27)24-17(21(28)25(18)12-14)10-13-6-2-1-3-7-13/h1-9,14,17-18H,10-12H2,(H,23,26)(H,24,27)/t14-,17+,18-/m0/s1. The van der Waals surface area contributed by atoms with Crippen LogP contribution in [-0.4, -0.2) is 47.3 Å². The van der Waals surface area contributed by atoms with E-state index in [1.807, 2.05) is 30.3 Å². The van der Waals surface area contributed by atoms with E-state index in [9.17, 15) is 14.4 Å². The molecule has 3 atom stereocenters. The molecule has 2 fully saturated rings. The monoisotopic (exact) mass is 397 g/mol. The zero-order valence-electron chi connectivity index (χ0n) is 15.1. The van der Waals surface area contributed by atoms with E-state index in [1.165, 1.54) is 0 Å². The Labute approximate surface area is 167 Å². The maximum atomic E-state index is 12.9. The predicted molar refractivity (Wildman–Crippen MR) is 105 cm³/mol. The number of carbonyl (C=O) groups is 3. The number of amides is 3. The number of hydrogen-bond acceptors (Lipinski definition) is 3. The number of piperazine rings is 1. The average Bonchev–Trinajstić information content (AvgIpc) is 3.11. The molecule has 0 aromatic heterocycles. The first-order valence-corrected chi connectivity index (χ1v) is 9.61. The number of benzene rings is 2. The van der Waals surface area contributed by atoms with Gasteiger partial charge in [0.2, 0.25) is 11.8 Å². The van der Waals surface area contributed by atoms with Gasteiger partial charge in [0.25, 0.3) is 5.91 Å². The third-order valence-electron chi connectivity index (χ3n) is 5.24. The Morgan fingerprint density at radius 3 is 2.57 bits per heavy atom. The molecule has 2 aromatic carbocycles. The lowest BCUT2D eigenvalue weighted by Gasteiger charge is -2.34. The molecule has 0 spiro atoms. The fourth-order valence-electron chi connectivity index (χ4n) is 3.86. The molecule has 2 aliphatic heterocycles. The van der Waals surface area contributed by atoms with Gasteiger partial charge in [-0.3, -0.25) is 14.4 Å². The van der Waals surface area contributed by atoms with Crippen LogP contribution in [0.5, 0.6) is 0 Å². The lowest BCUT2D eigenvalue weighted by atomic mass is 10.0. The van der Waals surface area contributed by atoms with Crippen LogP contribution in [0.4, 0.5) is 0 Å². The minimum Gasteiger partial charge on any atom is -0.347 e. The Balaban J connectivity index is 1.44. The normalized spacial score (nSPS) is 23.9. The summed E-state index contributed by atoms with van der Waals surface area (Å²) in [4.78, 5) is 39.5. The number of rotatable bonds is 4. The summed E-state index contributed by atoms with van der Waals surface area (Å²) in [5.74, 6) is -0.581. The van der Waals surface area contributed by atoms with E-state index >= 15 is 0 Å². The number of hydrogen-bond donors (Lipinski definition) is 2. The molecule has 2 heterocycles. The Morgan fingerprint density at radius 1 is 1.11 bits per heavy atom. The Hall–Kier alpha value is -2.86. The van der Waals surface area contributed by atoms with Gasteiger partial charge in [-0.25, -0.2) is 0 Å². The smallest absolute Gasteiger partial charge is 0.253 e. The van der Waals surface area contributed by atoms with Crippen LogP contribution in [0.1, 0.15) is 22.3 Å². The van der Waals surface area contributed by atoms with E-state index in [1.54, 1.807) is 29.2 Å². The number of halogens is 1. The molecule has 0 saturated carbocycles. The first-order valence-electron chi connectivity index (χ1n) is 9.23. The third kappa shape index (κ3) is 3.60. The first-order chi connectivity index (χ1) is 13.5. The number of fused-ring (bicyclic) bond motifs is 1. The van der Waals surface area contributed by atoms with Crippen molar-refractivity contribution >= 4 is 29.3 Å². The van der Waals surface area contributed by atoms with Crippen molar-refractivity contribution in [3.63, 3.8) is 0 Å². The summed E-state index contributed by atoms with van der Waals surface area (Å²) in [5, 5.41) is 6.11. The second-order valence-corrected chi connectivity index (χ2v) is 7.55. The van der Waals surface area contributed by atoms with Crippen molar-refractivity contribution in [1.82, 2.24) is 15.5 Å². The quantitative estimate of drug-likeness (QED) is 0.825. The summed E-state index contributed by atoms with van der Waals surface area (Å²) >= 11 is 6.08. The zero-order chi connectivity index (χ0) is 19.7. The summed E-state index contributed by atoms with van der Waals surface area (Å²) in [6, 6.07) is 15.0. The highest BCUT2D eigenvalue weighted by atomic mass is 35.5. The van der Waals surface area contributed by atoms with Crippen molar-refractivity contribution in [2.45, 2.75) is 31.0 Å². The van der Waals surface area contributed by atoms with E-state index < -0.39 is 12.1 Å². The molecule has 0 bridgehead atoms. The molecule has 0 radical (unpaired) electrons. The summed E-state index contributed by atoms with van der Waals surface area (Å²) in [6.45, 7) is 0.318. The van der Waals surface area contributed by atoms with Gasteiger partial charge in [-0.1, -0.05) is 54.1 Å². The molecule has 7 heteroatoms. The van der Waals surface area contributed by atoms with E-state index in [0.29, 0.717) is 30.0 Å². The molecule has 4 rings (SSSR count). The van der Waals surface area contributed by atoms with Gasteiger partial charge in [-0.15, -0.1) is 0 Å². The van der Waals surface area contributed by atoms with Crippen LogP contribution in [0, 0.1) is 0 Å². The summed E-state index contributed by atoms with van der Waals surface area (Å²) in [7, 11) is 0. The van der Waals surface area contributed by atoms with Crippen molar-refractivity contribution in [1.29, 1.82) is 0 Å². The van der Waals surface area contributed by atoms with Gasteiger partial charge < -0.3 is 15.5 Å². The SMILES string of the molecule is O=C(N[C@H]1C[C@H]2C(=O)N[C@H](Cc3ccccc3)C(=O)N2C1)c1ccccc1Cl. The lowest BCUT2D eigenvalue weighted by Crippen LogP contribution is -2.61. The highest BCUT2D eigenvalue weighted by Crippen LogP contribution is 2.25. The van der Waals surface area contributed by atoms with Crippen molar-refractivity contribution < 1.29 is 14.4 Å². The fourth-order valence-corrected chi connectivity index (χ4v) is 4.08. The lowest BCUT2D eigenvalue weighted by molar-refractivity contribution is -0.147. The maximum Gasteiger partial charge on any atom is 0.253 e. The van der Waals surface area contributed by atoms with Crippen LogP contribution in [0.3, 0.4) is 0 Å². The Bertz CT molecular complexity index is 918. The van der Waals surface area contributed by atoms with Crippen molar-refractivity contribution in [3.8, 4) is 0 Å². The van der Waals surface area contributed by atoms with Gasteiger partial charge in [0.15, 0.2) is 0 Å². The number of nitrogens with one attached hydrogen (secondary N) is 2. The van der Waals surface area contributed by atoms with E-state index in [0.717, 1.165) is 5.56 Å². The molecule has 144 valence electrons. The maximum absolute atomic E-state index is 12.9. The molecule has 0 unspecified atom stereocenters. The minimum absolute atomic E-state index is 0.108. The molecular weight excluding hydrogens is 378 g/mol. The summed E-state index contributed by atoms with van der Waals surface area (Å²) in [5.41, 5.74) is 1.37. The number of carbonyl (C=O) groups excluding carboxylic acids is 3. The van der Waals surface area contributed by atoms with Crippen LogP contribution in [0.2, 0.25) is 5.02 Å². The predicted octanol–water partition coefficient (Wildman–Crippen LogP) is 1.78. The molecule has 2 N–H and O–H groups in total. The molecule has 0 aliphatic carbocycles. The van der Waals surface area contributed by atoms with E-state index in [-0.39, 0.29) is 23.8 Å². The highest BCUT2D eigenvalue weighted by Gasteiger charge is 2.46. The minimum atomic E-state index is -0.579. The first kappa shape index (κ1) is 18.5.